The molecule has 5 heteroatoms. The summed E-state index contributed by atoms with van der Waals surface area (Å²) in [4.78, 5) is 25.9. The van der Waals surface area contributed by atoms with Crippen molar-refractivity contribution in [3.05, 3.63) is 106 Å². The van der Waals surface area contributed by atoms with E-state index < -0.39 is 5.91 Å². The summed E-state index contributed by atoms with van der Waals surface area (Å²) < 4.78 is 7.83. The summed E-state index contributed by atoms with van der Waals surface area (Å²) in [7, 11) is 0. The lowest BCUT2D eigenvalue weighted by atomic mass is 10.1. The number of amides is 1. The number of pyridine rings is 1. The number of para-hydroxylation sites is 1. The Morgan fingerprint density at radius 2 is 1.81 bits per heavy atom. The minimum absolute atomic E-state index is 0.155. The first kappa shape index (κ1) is 19.1. The summed E-state index contributed by atoms with van der Waals surface area (Å²) in [5.41, 5.74) is 3.71. The summed E-state index contributed by atoms with van der Waals surface area (Å²) in [5.74, 6) is 0.306. The van der Waals surface area contributed by atoms with Crippen molar-refractivity contribution < 1.29 is 9.53 Å². The first-order valence-electron chi connectivity index (χ1n) is 10.3. The number of hydrogen-bond donors (Lipinski definition) is 1. The molecule has 0 fully saturated rings. The molecule has 31 heavy (non-hydrogen) atoms. The molecule has 1 amide bonds. The predicted molar refractivity (Wildman–Crippen MR) is 122 cm³/mol. The molecule has 0 aliphatic carbocycles. The molecule has 1 aliphatic heterocycles. The van der Waals surface area contributed by atoms with Gasteiger partial charge in [-0.2, -0.15) is 0 Å². The number of hydrogen-bond acceptors (Lipinski definition) is 3. The maximum Gasteiger partial charge on any atom is 0.261 e. The highest BCUT2D eigenvalue weighted by atomic mass is 16.5. The second kappa shape index (κ2) is 7.76. The Kier molecular flexibility index (Phi) is 4.79. The molecule has 1 atom stereocenters. The Labute approximate surface area is 179 Å². The highest BCUT2D eigenvalue weighted by molar-refractivity contribution is 6.06. The molecule has 0 saturated heterocycles. The number of benzene rings is 3. The van der Waals surface area contributed by atoms with Gasteiger partial charge in [0.2, 0.25) is 5.43 Å². The molecule has 0 unspecified atom stereocenters. The van der Waals surface area contributed by atoms with Crippen molar-refractivity contribution in [2.75, 3.05) is 5.32 Å². The van der Waals surface area contributed by atoms with E-state index in [4.69, 9.17) is 4.74 Å². The van der Waals surface area contributed by atoms with Crippen molar-refractivity contribution in [3.8, 4) is 5.75 Å². The molecule has 1 aliphatic rings. The van der Waals surface area contributed by atoms with E-state index in [1.165, 1.54) is 0 Å². The molecule has 1 aromatic heterocycles. The molecule has 0 saturated carbocycles. The molecule has 154 valence electrons. The van der Waals surface area contributed by atoms with E-state index in [0.29, 0.717) is 23.4 Å². The molecule has 0 radical (unpaired) electrons. The number of ether oxygens (including phenoxy) is 1. The SMILES string of the molecule is C[C@@H]1Cc2cccc3c(=O)c(C(=O)Nc4ccc(OCc5ccccc5)cc4)cn1c23. The molecular formula is C26H22N2O3. The van der Waals surface area contributed by atoms with E-state index in [1.54, 1.807) is 36.5 Å². The lowest BCUT2D eigenvalue weighted by Gasteiger charge is -2.13. The zero-order valence-corrected chi connectivity index (χ0v) is 17.2. The number of aromatic nitrogens is 1. The number of anilines is 1. The van der Waals surface area contributed by atoms with Crippen LogP contribution in [0, 0.1) is 0 Å². The lowest BCUT2D eigenvalue weighted by molar-refractivity contribution is 0.102. The summed E-state index contributed by atoms with van der Waals surface area (Å²) in [6.45, 7) is 2.57. The fraction of sp³-hybridized carbons (Fsp3) is 0.154. The second-order valence-corrected chi connectivity index (χ2v) is 7.90. The van der Waals surface area contributed by atoms with Gasteiger partial charge in [-0.15, -0.1) is 0 Å². The largest absolute Gasteiger partial charge is 0.489 e. The van der Waals surface area contributed by atoms with Crippen LogP contribution >= 0.6 is 0 Å². The fourth-order valence-corrected chi connectivity index (χ4v) is 4.15. The standard InChI is InChI=1S/C26H22N2O3/c1-17-14-19-8-5-9-22-24(19)28(17)15-23(25(22)29)26(30)27-20-10-12-21(13-11-20)31-16-18-6-3-2-4-7-18/h2-13,15,17H,14,16H2,1H3,(H,27,30)/t17-/m1/s1. The van der Waals surface area contributed by atoms with E-state index in [-0.39, 0.29) is 17.0 Å². The van der Waals surface area contributed by atoms with Gasteiger partial charge in [-0.05, 0) is 54.8 Å². The van der Waals surface area contributed by atoms with Gasteiger partial charge in [-0.1, -0.05) is 42.5 Å². The summed E-state index contributed by atoms with van der Waals surface area (Å²) in [5, 5.41) is 3.44. The Morgan fingerprint density at radius 3 is 2.58 bits per heavy atom. The first-order valence-corrected chi connectivity index (χ1v) is 10.3. The fourth-order valence-electron chi connectivity index (χ4n) is 4.15. The molecule has 3 aromatic carbocycles. The minimum atomic E-state index is -0.405. The van der Waals surface area contributed by atoms with E-state index in [1.807, 2.05) is 47.0 Å². The summed E-state index contributed by atoms with van der Waals surface area (Å²) in [6.07, 6.45) is 2.56. The van der Waals surface area contributed by atoms with Crippen molar-refractivity contribution in [2.24, 2.45) is 0 Å². The summed E-state index contributed by atoms with van der Waals surface area (Å²) in [6, 6.07) is 23.0. The molecule has 5 nitrogen and oxygen atoms in total. The zero-order valence-electron chi connectivity index (χ0n) is 17.2. The normalized spacial score (nSPS) is 14.5. The summed E-state index contributed by atoms with van der Waals surface area (Å²) >= 11 is 0. The molecule has 4 aromatic rings. The third-order valence-corrected chi connectivity index (χ3v) is 5.73. The number of carbonyl (C=O) groups is 1. The highest BCUT2D eigenvalue weighted by Gasteiger charge is 2.24. The van der Waals surface area contributed by atoms with Gasteiger partial charge in [0.1, 0.15) is 17.9 Å². The average Bonchev–Trinajstić information content (AvgIpc) is 3.12. The Morgan fingerprint density at radius 1 is 1.03 bits per heavy atom. The van der Waals surface area contributed by atoms with Gasteiger partial charge >= 0.3 is 0 Å². The van der Waals surface area contributed by atoms with Crippen LogP contribution in [0.2, 0.25) is 0 Å². The number of nitrogens with one attached hydrogen (secondary N) is 1. The zero-order chi connectivity index (χ0) is 21.4. The van der Waals surface area contributed by atoms with Crippen LogP contribution < -0.4 is 15.5 Å². The maximum absolute atomic E-state index is 13.0. The van der Waals surface area contributed by atoms with Gasteiger partial charge in [0, 0.05) is 23.3 Å². The van der Waals surface area contributed by atoms with Gasteiger partial charge in [-0.3, -0.25) is 9.59 Å². The van der Waals surface area contributed by atoms with Crippen molar-refractivity contribution >= 4 is 22.5 Å². The first-order chi connectivity index (χ1) is 15.1. The van der Waals surface area contributed by atoms with Crippen LogP contribution in [0.15, 0.2) is 83.8 Å². The Hall–Kier alpha value is -3.86. The van der Waals surface area contributed by atoms with Gasteiger partial charge < -0.3 is 14.6 Å². The van der Waals surface area contributed by atoms with Crippen molar-refractivity contribution in [2.45, 2.75) is 26.0 Å². The van der Waals surface area contributed by atoms with Crippen LogP contribution in [0.4, 0.5) is 5.69 Å². The van der Waals surface area contributed by atoms with Crippen LogP contribution in [0.3, 0.4) is 0 Å². The molecule has 0 spiro atoms. The van der Waals surface area contributed by atoms with Gasteiger partial charge in [0.25, 0.3) is 5.91 Å². The van der Waals surface area contributed by atoms with Crippen LogP contribution in [0.25, 0.3) is 10.9 Å². The van der Waals surface area contributed by atoms with E-state index in [2.05, 4.69) is 12.2 Å². The van der Waals surface area contributed by atoms with Crippen LogP contribution in [-0.4, -0.2) is 10.5 Å². The molecule has 0 bridgehead atoms. The average molecular weight is 410 g/mol. The predicted octanol–water partition coefficient (Wildman–Crippen LogP) is 4.95. The molecular weight excluding hydrogens is 388 g/mol. The Bertz CT molecular complexity index is 1320. The van der Waals surface area contributed by atoms with Crippen LogP contribution in [0.1, 0.15) is 34.5 Å². The van der Waals surface area contributed by atoms with Crippen molar-refractivity contribution in [1.82, 2.24) is 4.57 Å². The second-order valence-electron chi connectivity index (χ2n) is 7.90. The van der Waals surface area contributed by atoms with Crippen LogP contribution in [-0.2, 0) is 13.0 Å². The van der Waals surface area contributed by atoms with E-state index >= 15 is 0 Å². The maximum atomic E-state index is 13.0. The topological polar surface area (TPSA) is 60.3 Å². The van der Waals surface area contributed by atoms with E-state index in [0.717, 1.165) is 23.1 Å². The highest BCUT2D eigenvalue weighted by Crippen LogP contribution is 2.31. The third-order valence-electron chi connectivity index (χ3n) is 5.73. The third kappa shape index (κ3) is 3.59. The minimum Gasteiger partial charge on any atom is -0.489 e. The van der Waals surface area contributed by atoms with E-state index in [9.17, 15) is 9.59 Å². The smallest absolute Gasteiger partial charge is 0.261 e. The number of nitrogens with zero attached hydrogens (tertiary/aromatic N) is 1. The Balaban J connectivity index is 1.35. The number of rotatable bonds is 5. The van der Waals surface area contributed by atoms with Crippen molar-refractivity contribution in [1.29, 1.82) is 0 Å². The van der Waals surface area contributed by atoms with Gasteiger partial charge in [-0.25, -0.2) is 0 Å². The monoisotopic (exact) mass is 410 g/mol. The van der Waals surface area contributed by atoms with Crippen molar-refractivity contribution in [3.63, 3.8) is 0 Å². The molecule has 5 rings (SSSR count). The van der Waals surface area contributed by atoms with Gasteiger partial charge in [0.15, 0.2) is 0 Å². The quantitative estimate of drug-likeness (QED) is 0.506. The van der Waals surface area contributed by atoms with Gasteiger partial charge in [0.05, 0.1) is 5.52 Å². The lowest BCUT2D eigenvalue weighted by Crippen LogP contribution is -2.23. The van der Waals surface area contributed by atoms with Crippen LogP contribution in [0.5, 0.6) is 5.75 Å². The molecule has 1 N–H and O–H groups in total. The number of carbonyl (C=O) groups excluding carboxylic acids is 1. The molecule has 2 heterocycles.